The van der Waals surface area contributed by atoms with Crippen LogP contribution in [0.3, 0.4) is 0 Å². The smallest absolute Gasteiger partial charge is 0.291 e. The summed E-state index contributed by atoms with van der Waals surface area (Å²) < 4.78 is 30.6. The van der Waals surface area contributed by atoms with Crippen molar-refractivity contribution in [2.24, 2.45) is 5.92 Å². The van der Waals surface area contributed by atoms with Gasteiger partial charge in [-0.3, -0.25) is 9.13 Å². The number of benzene rings is 2. The van der Waals surface area contributed by atoms with Gasteiger partial charge in [0, 0.05) is 17.8 Å². The zero-order chi connectivity index (χ0) is 24.2. The van der Waals surface area contributed by atoms with Crippen LogP contribution in [0.4, 0.5) is 8.78 Å². The molecule has 2 aromatic heterocycles. The van der Waals surface area contributed by atoms with E-state index in [1.807, 2.05) is 62.4 Å². The molecule has 178 valence electrons. The Bertz CT molecular complexity index is 1290. The van der Waals surface area contributed by atoms with E-state index in [0.717, 1.165) is 28.7 Å². The number of halogens is 2. The molecule has 0 aliphatic heterocycles. The lowest BCUT2D eigenvalue weighted by Crippen LogP contribution is -2.25. The number of imidazole rings is 1. The minimum atomic E-state index is -2.69. The van der Waals surface area contributed by atoms with Gasteiger partial charge in [-0.25, -0.2) is 18.7 Å². The first-order valence-electron chi connectivity index (χ1n) is 11.4. The van der Waals surface area contributed by atoms with Crippen molar-refractivity contribution >= 4 is 0 Å². The molecule has 0 radical (unpaired) electrons. The van der Waals surface area contributed by atoms with Crippen molar-refractivity contribution in [3.8, 4) is 22.5 Å². The first-order valence-corrected chi connectivity index (χ1v) is 11.4. The van der Waals surface area contributed by atoms with Gasteiger partial charge in [-0.2, -0.15) is 0 Å². The Hall–Kier alpha value is -3.62. The number of hydrogen-bond acceptors (Lipinski definition) is 4. The van der Waals surface area contributed by atoms with E-state index in [9.17, 15) is 13.6 Å². The largest absolute Gasteiger partial charge is 0.329 e. The zero-order valence-electron chi connectivity index (χ0n) is 19.5. The molecule has 2 aromatic carbocycles. The molecule has 0 aliphatic carbocycles. The van der Waals surface area contributed by atoms with E-state index in [2.05, 4.69) is 20.6 Å². The molecule has 4 rings (SSSR count). The fourth-order valence-corrected chi connectivity index (χ4v) is 4.25. The minimum absolute atomic E-state index is 0.153. The van der Waals surface area contributed by atoms with E-state index in [0.29, 0.717) is 23.9 Å². The summed E-state index contributed by atoms with van der Waals surface area (Å²) in [6.45, 7) is 6.28. The predicted octanol–water partition coefficient (Wildman–Crippen LogP) is 5.09. The fraction of sp³-hybridized carbons (Fsp3) is 0.360. The number of hydrogen-bond donors (Lipinski definition) is 1. The molecule has 0 saturated heterocycles. The van der Waals surface area contributed by atoms with Crippen LogP contribution in [-0.2, 0) is 19.5 Å². The average Bonchev–Trinajstić information content (AvgIpc) is 3.45. The van der Waals surface area contributed by atoms with Crippen LogP contribution in [0.25, 0.3) is 22.5 Å². The second-order valence-electron chi connectivity index (χ2n) is 8.67. The lowest BCUT2D eigenvalue weighted by molar-refractivity contribution is 0.139. The Balaban J connectivity index is 1.68. The molecule has 7 nitrogen and oxygen atoms in total. The average molecular weight is 467 g/mol. The van der Waals surface area contributed by atoms with E-state index in [4.69, 9.17) is 0 Å². The molecule has 9 heteroatoms. The molecule has 0 aliphatic rings. The summed E-state index contributed by atoms with van der Waals surface area (Å²) in [6.07, 6.45) is -1.52. The van der Waals surface area contributed by atoms with Gasteiger partial charge < -0.3 is 0 Å². The Morgan fingerprint density at radius 1 is 1.00 bits per heavy atom. The summed E-state index contributed by atoms with van der Waals surface area (Å²) in [5.41, 5.74) is 3.55. The van der Waals surface area contributed by atoms with Crippen molar-refractivity contribution in [3.05, 3.63) is 76.0 Å². The highest BCUT2D eigenvalue weighted by Gasteiger charge is 2.25. The Kier molecular flexibility index (Phi) is 7.00. The van der Waals surface area contributed by atoms with E-state index < -0.39 is 6.43 Å². The molecule has 0 amide bonds. The lowest BCUT2D eigenvalue weighted by atomic mass is 9.98. The summed E-state index contributed by atoms with van der Waals surface area (Å²) in [5, 5.41) is 14.1. The highest BCUT2D eigenvalue weighted by atomic mass is 19.3. The normalized spacial score (nSPS) is 11.6. The van der Waals surface area contributed by atoms with Gasteiger partial charge in [0.2, 0.25) is 0 Å². The molecule has 4 aromatic rings. The first kappa shape index (κ1) is 23.5. The van der Waals surface area contributed by atoms with Crippen molar-refractivity contribution in [1.82, 2.24) is 29.8 Å². The molecule has 34 heavy (non-hydrogen) atoms. The minimum Gasteiger partial charge on any atom is -0.291 e. The van der Waals surface area contributed by atoms with Crippen LogP contribution >= 0.6 is 0 Å². The Morgan fingerprint density at radius 3 is 2.29 bits per heavy atom. The van der Waals surface area contributed by atoms with Crippen LogP contribution in [0.5, 0.6) is 0 Å². The van der Waals surface area contributed by atoms with Crippen molar-refractivity contribution < 1.29 is 8.78 Å². The van der Waals surface area contributed by atoms with Crippen molar-refractivity contribution in [2.45, 2.75) is 53.1 Å². The highest BCUT2D eigenvalue weighted by molar-refractivity contribution is 5.80. The molecule has 0 atom stereocenters. The number of H-pyrrole nitrogens is 1. The second kappa shape index (κ2) is 10.1. The van der Waals surface area contributed by atoms with Gasteiger partial charge in [-0.05, 0) is 52.8 Å². The van der Waals surface area contributed by atoms with E-state index in [1.54, 1.807) is 6.92 Å². The molecule has 1 N–H and O–H groups in total. The first-order chi connectivity index (χ1) is 16.4. The van der Waals surface area contributed by atoms with E-state index in [-0.39, 0.29) is 24.5 Å². The quantitative estimate of drug-likeness (QED) is 0.373. The number of aromatic nitrogens is 6. The number of nitrogens with one attached hydrogen (secondary N) is 1. The standard InChI is InChI=1S/C25H28F2N6O/c1-4-32-22(23(26)27)21(14-9-16(2)3)33(25(32)34)15-17-10-12-18(13-11-17)19-7-5-6-8-20(19)24-28-30-31-29-24/h5-8,10-13,16,23H,4,9,14-15H2,1-3H3,(H,28,29,30,31). The molecule has 0 unspecified atom stereocenters. The Morgan fingerprint density at radius 2 is 1.71 bits per heavy atom. The topological polar surface area (TPSA) is 81.4 Å². The molecule has 0 saturated carbocycles. The summed E-state index contributed by atoms with van der Waals surface area (Å²) in [5.74, 6) is 0.916. The zero-order valence-corrected chi connectivity index (χ0v) is 19.5. The summed E-state index contributed by atoms with van der Waals surface area (Å²) in [6, 6.07) is 15.5. The molecule has 2 heterocycles. The van der Waals surface area contributed by atoms with Crippen molar-refractivity contribution in [1.29, 1.82) is 0 Å². The third kappa shape index (κ3) is 4.69. The third-order valence-electron chi connectivity index (χ3n) is 5.99. The number of aromatic amines is 1. The van der Waals surface area contributed by atoms with Gasteiger partial charge in [0.25, 0.3) is 6.43 Å². The van der Waals surface area contributed by atoms with Crippen LogP contribution in [-0.4, -0.2) is 29.8 Å². The maximum absolute atomic E-state index is 13.9. The SMILES string of the molecule is CCn1c(C(F)F)c(CCC(C)C)n(Cc2ccc(-c3ccccc3-c3nnn[nH]3)cc2)c1=O. The molecular weight excluding hydrogens is 438 g/mol. The fourth-order valence-electron chi connectivity index (χ4n) is 4.25. The number of alkyl halides is 2. The molecular formula is C25H28F2N6O. The van der Waals surface area contributed by atoms with Gasteiger partial charge in [0.15, 0.2) is 5.82 Å². The number of tetrazole rings is 1. The van der Waals surface area contributed by atoms with Crippen LogP contribution < -0.4 is 5.69 Å². The van der Waals surface area contributed by atoms with Crippen LogP contribution in [0, 0.1) is 5.92 Å². The van der Waals surface area contributed by atoms with Gasteiger partial charge in [-0.1, -0.05) is 62.4 Å². The lowest BCUT2D eigenvalue weighted by Gasteiger charge is -2.12. The van der Waals surface area contributed by atoms with Gasteiger partial charge in [0.05, 0.1) is 6.54 Å². The molecule has 0 bridgehead atoms. The molecule has 0 spiro atoms. The summed E-state index contributed by atoms with van der Waals surface area (Å²) in [4.78, 5) is 13.0. The van der Waals surface area contributed by atoms with Crippen molar-refractivity contribution in [2.75, 3.05) is 0 Å². The predicted molar refractivity (Wildman–Crippen MR) is 127 cm³/mol. The maximum atomic E-state index is 13.9. The molecule has 0 fully saturated rings. The monoisotopic (exact) mass is 466 g/mol. The third-order valence-corrected chi connectivity index (χ3v) is 5.99. The summed E-state index contributed by atoms with van der Waals surface area (Å²) in [7, 11) is 0. The van der Waals surface area contributed by atoms with Crippen LogP contribution in [0.2, 0.25) is 0 Å². The van der Waals surface area contributed by atoms with Crippen molar-refractivity contribution in [3.63, 3.8) is 0 Å². The Labute approximate surface area is 196 Å². The second-order valence-corrected chi connectivity index (χ2v) is 8.67. The van der Waals surface area contributed by atoms with E-state index in [1.165, 1.54) is 9.13 Å². The van der Waals surface area contributed by atoms with Crippen LogP contribution in [0.1, 0.15) is 50.6 Å². The highest BCUT2D eigenvalue weighted by Crippen LogP contribution is 2.30. The van der Waals surface area contributed by atoms with E-state index >= 15 is 0 Å². The number of rotatable bonds is 9. The van der Waals surface area contributed by atoms with Gasteiger partial charge in [-0.15, -0.1) is 5.10 Å². The maximum Gasteiger partial charge on any atom is 0.329 e. The van der Waals surface area contributed by atoms with Crippen LogP contribution in [0.15, 0.2) is 53.3 Å². The summed E-state index contributed by atoms with van der Waals surface area (Å²) >= 11 is 0. The number of nitrogens with zero attached hydrogens (tertiary/aromatic N) is 5. The van der Waals surface area contributed by atoms with Gasteiger partial charge >= 0.3 is 5.69 Å². The van der Waals surface area contributed by atoms with Gasteiger partial charge in [0.1, 0.15) is 5.69 Å².